The van der Waals surface area contributed by atoms with Gasteiger partial charge in [-0.1, -0.05) is 29.8 Å². The normalized spacial score (nSPS) is 15.6. The second kappa shape index (κ2) is 6.65. The summed E-state index contributed by atoms with van der Waals surface area (Å²) >= 11 is 5.98. The summed E-state index contributed by atoms with van der Waals surface area (Å²) in [5.74, 6) is -0.127. The van der Waals surface area contributed by atoms with E-state index in [1.807, 2.05) is 90.5 Å². The van der Waals surface area contributed by atoms with Crippen molar-refractivity contribution >= 4 is 35.0 Å². The molecule has 4 nitrogen and oxygen atoms in total. The van der Waals surface area contributed by atoms with Crippen molar-refractivity contribution in [2.75, 3.05) is 5.01 Å². The van der Waals surface area contributed by atoms with Gasteiger partial charge in [-0.25, -0.2) is 0 Å². The summed E-state index contributed by atoms with van der Waals surface area (Å²) in [5, 5.41) is 6.55. The lowest BCUT2D eigenvalue weighted by molar-refractivity contribution is -0.114. The van der Waals surface area contributed by atoms with Crippen LogP contribution in [0.4, 0.5) is 5.69 Å². The third-order valence-corrected chi connectivity index (χ3v) is 4.49. The van der Waals surface area contributed by atoms with Crippen LogP contribution in [-0.2, 0) is 4.79 Å². The molecule has 26 heavy (non-hydrogen) atoms. The van der Waals surface area contributed by atoms with E-state index in [0.29, 0.717) is 16.3 Å². The predicted octanol–water partition coefficient (Wildman–Crippen LogP) is 4.94. The second-order valence-electron chi connectivity index (χ2n) is 5.98. The molecule has 0 radical (unpaired) electrons. The summed E-state index contributed by atoms with van der Waals surface area (Å²) in [6, 6.07) is 20.9. The van der Waals surface area contributed by atoms with Gasteiger partial charge in [-0.05, 0) is 61.5 Å². The van der Waals surface area contributed by atoms with Gasteiger partial charge in [0.1, 0.15) is 0 Å². The van der Waals surface area contributed by atoms with Crippen LogP contribution in [0.5, 0.6) is 0 Å². The third kappa shape index (κ3) is 2.95. The molecule has 1 aromatic heterocycles. The van der Waals surface area contributed by atoms with Crippen LogP contribution in [0.15, 0.2) is 83.6 Å². The largest absolute Gasteiger partial charge is 0.317 e. The number of carbonyl (C=O) groups excluding carboxylic acids is 1. The Kier molecular flexibility index (Phi) is 4.19. The number of hydrogen-bond acceptors (Lipinski definition) is 2. The molecule has 0 saturated carbocycles. The summed E-state index contributed by atoms with van der Waals surface area (Å²) in [6.07, 6.45) is 3.83. The van der Waals surface area contributed by atoms with Gasteiger partial charge in [0, 0.05) is 22.6 Å². The smallest absolute Gasteiger partial charge is 0.280 e. The summed E-state index contributed by atoms with van der Waals surface area (Å²) in [7, 11) is 0. The molecule has 5 heteroatoms. The third-order valence-electron chi connectivity index (χ3n) is 4.24. The molecule has 4 rings (SSSR count). The van der Waals surface area contributed by atoms with Gasteiger partial charge in [0.15, 0.2) is 0 Å². The molecule has 0 atom stereocenters. The quantitative estimate of drug-likeness (QED) is 0.609. The zero-order valence-electron chi connectivity index (χ0n) is 14.1. The Bertz CT molecular complexity index is 1020. The number of amides is 1. The predicted molar refractivity (Wildman–Crippen MR) is 106 cm³/mol. The minimum Gasteiger partial charge on any atom is -0.317 e. The van der Waals surface area contributed by atoms with E-state index in [-0.39, 0.29) is 5.91 Å². The molecule has 0 saturated heterocycles. The van der Waals surface area contributed by atoms with Crippen molar-refractivity contribution in [1.29, 1.82) is 0 Å². The lowest BCUT2D eigenvalue weighted by Crippen LogP contribution is -2.21. The number of para-hydroxylation sites is 1. The maximum atomic E-state index is 12.9. The fraction of sp³-hybridized carbons (Fsp3) is 0.0476. The lowest BCUT2D eigenvalue weighted by atomic mass is 10.1. The highest BCUT2D eigenvalue weighted by Crippen LogP contribution is 2.25. The highest BCUT2D eigenvalue weighted by atomic mass is 35.5. The molecule has 0 bridgehead atoms. The zero-order chi connectivity index (χ0) is 18.1. The first-order valence-electron chi connectivity index (χ1n) is 8.23. The summed E-state index contributed by atoms with van der Waals surface area (Å²) < 4.78 is 2.01. The van der Waals surface area contributed by atoms with E-state index in [9.17, 15) is 4.79 Å². The van der Waals surface area contributed by atoms with Crippen molar-refractivity contribution in [3.05, 3.63) is 89.2 Å². The van der Waals surface area contributed by atoms with Gasteiger partial charge in [0.25, 0.3) is 5.91 Å². The first-order valence-corrected chi connectivity index (χ1v) is 8.61. The van der Waals surface area contributed by atoms with Gasteiger partial charge in [0.2, 0.25) is 0 Å². The van der Waals surface area contributed by atoms with Gasteiger partial charge < -0.3 is 4.57 Å². The minimum absolute atomic E-state index is 0.127. The zero-order valence-corrected chi connectivity index (χ0v) is 14.9. The van der Waals surface area contributed by atoms with Gasteiger partial charge in [-0.3, -0.25) is 4.79 Å². The molecule has 1 aliphatic heterocycles. The van der Waals surface area contributed by atoms with Crippen molar-refractivity contribution in [3.63, 3.8) is 0 Å². The number of hydrazone groups is 1. The molecule has 3 aromatic rings. The number of rotatable bonds is 3. The van der Waals surface area contributed by atoms with Crippen LogP contribution in [0.3, 0.4) is 0 Å². The number of nitrogens with zero attached hydrogens (tertiary/aromatic N) is 3. The molecule has 128 valence electrons. The van der Waals surface area contributed by atoms with Crippen molar-refractivity contribution < 1.29 is 4.79 Å². The van der Waals surface area contributed by atoms with Crippen LogP contribution in [-0.4, -0.2) is 16.2 Å². The van der Waals surface area contributed by atoms with Gasteiger partial charge in [0.05, 0.1) is 17.0 Å². The maximum Gasteiger partial charge on any atom is 0.280 e. The molecule has 0 spiro atoms. The van der Waals surface area contributed by atoms with E-state index in [2.05, 4.69) is 5.10 Å². The maximum absolute atomic E-state index is 12.9. The first-order chi connectivity index (χ1) is 12.6. The Morgan fingerprint density at radius 1 is 0.923 bits per heavy atom. The molecular formula is C21H16ClN3O. The van der Waals surface area contributed by atoms with Gasteiger partial charge in [-0.2, -0.15) is 10.1 Å². The molecular weight excluding hydrogens is 346 g/mol. The minimum atomic E-state index is -0.127. The summed E-state index contributed by atoms with van der Waals surface area (Å²) in [4.78, 5) is 12.9. The molecule has 0 N–H and O–H groups in total. The van der Waals surface area contributed by atoms with Crippen molar-refractivity contribution in [2.24, 2.45) is 5.10 Å². The van der Waals surface area contributed by atoms with Gasteiger partial charge >= 0.3 is 0 Å². The Morgan fingerprint density at radius 3 is 2.38 bits per heavy atom. The van der Waals surface area contributed by atoms with E-state index < -0.39 is 0 Å². The van der Waals surface area contributed by atoms with E-state index >= 15 is 0 Å². The molecule has 1 amide bonds. The molecule has 0 fully saturated rings. The van der Waals surface area contributed by atoms with Crippen LogP contribution < -0.4 is 5.01 Å². The topological polar surface area (TPSA) is 37.6 Å². The Labute approximate surface area is 156 Å². The molecule has 2 heterocycles. The van der Waals surface area contributed by atoms with E-state index in [0.717, 1.165) is 17.1 Å². The fourth-order valence-electron chi connectivity index (χ4n) is 2.92. The fourth-order valence-corrected chi connectivity index (χ4v) is 3.05. The van der Waals surface area contributed by atoms with Crippen LogP contribution in [0.2, 0.25) is 5.02 Å². The summed E-state index contributed by atoms with van der Waals surface area (Å²) in [5.41, 5.74) is 3.92. The molecule has 0 unspecified atom stereocenters. The standard InChI is InChI=1S/C21H16ClN3O/c1-15-20(21(26)25(23-15)18-6-3-2-4-7-18)14-19-8-5-13-24(19)17-11-9-16(22)10-12-17/h2-14H,1H3/b20-14-. The van der Waals surface area contributed by atoms with E-state index in [1.54, 1.807) is 0 Å². The number of halogens is 1. The Hall–Kier alpha value is -3.11. The van der Waals surface area contributed by atoms with Crippen LogP contribution in [0, 0.1) is 0 Å². The highest BCUT2D eigenvalue weighted by molar-refractivity contribution is 6.32. The van der Waals surface area contributed by atoms with Crippen molar-refractivity contribution in [1.82, 2.24) is 4.57 Å². The highest BCUT2D eigenvalue weighted by Gasteiger charge is 2.28. The molecule has 2 aromatic carbocycles. The van der Waals surface area contributed by atoms with E-state index in [1.165, 1.54) is 5.01 Å². The number of carbonyl (C=O) groups is 1. The second-order valence-corrected chi connectivity index (χ2v) is 6.41. The van der Waals surface area contributed by atoms with Gasteiger partial charge in [-0.15, -0.1) is 0 Å². The van der Waals surface area contributed by atoms with Crippen molar-refractivity contribution in [3.8, 4) is 5.69 Å². The van der Waals surface area contributed by atoms with Crippen molar-refractivity contribution in [2.45, 2.75) is 6.92 Å². The number of aromatic nitrogens is 1. The number of hydrogen-bond donors (Lipinski definition) is 0. The average molecular weight is 362 g/mol. The van der Waals surface area contributed by atoms with Crippen LogP contribution in [0.25, 0.3) is 11.8 Å². The molecule has 1 aliphatic rings. The average Bonchev–Trinajstić information content (AvgIpc) is 3.23. The monoisotopic (exact) mass is 361 g/mol. The first kappa shape index (κ1) is 16.4. The Morgan fingerprint density at radius 2 is 1.65 bits per heavy atom. The van der Waals surface area contributed by atoms with Crippen LogP contribution in [0.1, 0.15) is 12.6 Å². The Balaban J connectivity index is 1.70. The molecule has 0 aliphatic carbocycles. The van der Waals surface area contributed by atoms with E-state index in [4.69, 9.17) is 11.6 Å². The SMILES string of the molecule is CC1=NN(c2ccccc2)C(=O)/C1=C\c1cccn1-c1ccc(Cl)cc1. The summed E-state index contributed by atoms with van der Waals surface area (Å²) in [6.45, 7) is 1.85. The number of anilines is 1. The lowest BCUT2D eigenvalue weighted by Gasteiger charge is -2.11. The van der Waals surface area contributed by atoms with Crippen LogP contribution >= 0.6 is 11.6 Å². The number of benzene rings is 2.